The molecule has 58 heavy (non-hydrogen) atoms. The summed E-state index contributed by atoms with van der Waals surface area (Å²) in [7, 11) is 1.61. The van der Waals surface area contributed by atoms with E-state index < -0.39 is 5.91 Å². The first-order valence-electron chi connectivity index (χ1n) is 19.3. The van der Waals surface area contributed by atoms with Crippen LogP contribution in [0.15, 0.2) is 36.4 Å². The van der Waals surface area contributed by atoms with Crippen molar-refractivity contribution in [2.75, 3.05) is 37.6 Å². The molecule has 18 heteroatoms. The molecule has 302 valence electrons. The fourth-order valence-electron chi connectivity index (χ4n) is 7.39. The van der Waals surface area contributed by atoms with Gasteiger partial charge >= 0.3 is 0 Å². The van der Waals surface area contributed by atoms with Crippen LogP contribution in [-0.2, 0) is 24.4 Å². The Morgan fingerprint density at radius 3 is 2.17 bits per heavy atom. The minimum atomic E-state index is -0.638. The number of aryl methyl sites for hydroxylation is 5. The van der Waals surface area contributed by atoms with Crippen molar-refractivity contribution in [2.45, 2.75) is 79.1 Å². The first-order chi connectivity index (χ1) is 28.0. The first kappa shape index (κ1) is 39.5. The van der Waals surface area contributed by atoms with Gasteiger partial charge in [-0.15, -0.1) is 0 Å². The number of nitriles is 1. The number of imidazole rings is 2. The number of nitrogens with one attached hydrogen (secondary N) is 2. The van der Waals surface area contributed by atoms with Gasteiger partial charge in [0.1, 0.15) is 40.5 Å². The lowest BCUT2D eigenvalue weighted by Gasteiger charge is -2.27. The van der Waals surface area contributed by atoms with E-state index in [1.807, 2.05) is 36.8 Å². The van der Waals surface area contributed by atoms with Gasteiger partial charge in [0.05, 0.1) is 46.7 Å². The highest BCUT2D eigenvalue weighted by atomic mass is 16.5. The molecule has 0 unspecified atom stereocenters. The molecule has 4 N–H and O–H groups in total. The number of fused-ring (bicyclic) bond motifs is 1. The summed E-state index contributed by atoms with van der Waals surface area (Å²) >= 11 is 0. The zero-order valence-electron chi connectivity index (χ0n) is 33.2. The highest BCUT2D eigenvalue weighted by Gasteiger charge is 2.29. The number of rotatable bonds is 17. The number of methoxy groups -OCH3 is 1. The smallest absolute Gasteiger partial charge is 0.276 e. The van der Waals surface area contributed by atoms with Crippen molar-refractivity contribution < 1.29 is 28.6 Å². The number of carbonyl (C=O) groups excluding carboxylic acids is 3. The molecule has 0 radical (unpaired) electrons. The number of benzene rings is 2. The molecule has 2 aromatic carbocycles. The Balaban J connectivity index is 1.18. The van der Waals surface area contributed by atoms with E-state index in [0.717, 1.165) is 5.69 Å². The lowest BCUT2D eigenvalue weighted by molar-refractivity contribution is 0.0994. The quantitative estimate of drug-likeness (QED) is 0.103. The molecule has 7 rings (SSSR count). The zero-order chi connectivity index (χ0) is 41.1. The van der Waals surface area contributed by atoms with Crippen LogP contribution in [0.5, 0.6) is 11.5 Å². The van der Waals surface area contributed by atoms with E-state index in [9.17, 15) is 19.6 Å². The number of hydrogen-bond donors (Lipinski definition) is 3. The van der Waals surface area contributed by atoms with E-state index in [0.29, 0.717) is 121 Å². The molecule has 0 fully saturated rings. The van der Waals surface area contributed by atoms with E-state index in [1.165, 1.54) is 0 Å². The van der Waals surface area contributed by atoms with Crippen LogP contribution in [0.2, 0.25) is 0 Å². The van der Waals surface area contributed by atoms with Crippen LogP contribution >= 0.6 is 0 Å². The van der Waals surface area contributed by atoms with Crippen LogP contribution in [0.25, 0.3) is 22.1 Å². The Bertz CT molecular complexity index is 2570. The second-order valence-corrected chi connectivity index (χ2v) is 14.1. The van der Waals surface area contributed by atoms with Gasteiger partial charge in [-0.1, -0.05) is 0 Å². The van der Waals surface area contributed by atoms with Crippen molar-refractivity contribution in [3.8, 4) is 17.6 Å². The van der Waals surface area contributed by atoms with E-state index in [1.54, 1.807) is 52.9 Å². The summed E-state index contributed by atoms with van der Waals surface area (Å²) < 4.78 is 24.8. The van der Waals surface area contributed by atoms with Crippen molar-refractivity contribution in [3.63, 3.8) is 0 Å². The lowest BCUT2D eigenvalue weighted by Crippen LogP contribution is -2.26. The minimum Gasteiger partial charge on any atom is -0.491 e. The molecule has 1 aliphatic heterocycles. The number of amides is 3. The average molecular weight is 791 g/mol. The first-order valence-corrected chi connectivity index (χ1v) is 19.3. The molecule has 3 amide bonds. The average Bonchev–Trinajstić information content (AvgIpc) is 3.98. The van der Waals surface area contributed by atoms with Gasteiger partial charge in [-0.3, -0.25) is 34.4 Å². The van der Waals surface area contributed by atoms with E-state index in [4.69, 9.17) is 29.9 Å². The van der Waals surface area contributed by atoms with E-state index in [-0.39, 0.29) is 36.0 Å². The number of unbranched alkanes of at least 4 members (excludes halogenated alkanes) is 1. The fourth-order valence-corrected chi connectivity index (χ4v) is 7.39. The van der Waals surface area contributed by atoms with Gasteiger partial charge in [-0.2, -0.15) is 15.5 Å². The van der Waals surface area contributed by atoms with Crippen LogP contribution in [0, 0.1) is 25.2 Å². The van der Waals surface area contributed by atoms with E-state index >= 15 is 0 Å². The third-order valence-electron chi connectivity index (χ3n) is 10.0. The summed E-state index contributed by atoms with van der Waals surface area (Å²) in [6.45, 7) is 10.0. The maximum Gasteiger partial charge on any atom is 0.276 e. The number of nitrogens with zero attached hydrogens (tertiary/aromatic N) is 9. The maximum absolute atomic E-state index is 13.7. The second-order valence-electron chi connectivity index (χ2n) is 14.1. The van der Waals surface area contributed by atoms with Gasteiger partial charge in [-0.05, 0) is 77.3 Å². The molecule has 1 aliphatic rings. The fraction of sp³-hybridized carbons (Fsp3) is 0.400. The maximum atomic E-state index is 13.7. The molecule has 0 aliphatic carbocycles. The highest BCUT2D eigenvalue weighted by Crippen LogP contribution is 2.39. The number of hydrogen-bond acceptors (Lipinski definition) is 11. The van der Waals surface area contributed by atoms with Gasteiger partial charge in [0.25, 0.3) is 11.8 Å². The molecule has 6 aromatic rings. The molecule has 4 aromatic heterocycles. The van der Waals surface area contributed by atoms with Gasteiger partial charge in [0, 0.05) is 51.4 Å². The summed E-state index contributed by atoms with van der Waals surface area (Å²) in [6, 6.07) is 12.0. The number of primary amides is 1. The summed E-state index contributed by atoms with van der Waals surface area (Å²) in [6.07, 6.45) is 2.56. The van der Waals surface area contributed by atoms with Gasteiger partial charge in [-0.25, -0.2) is 9.97 Å². The van der Waals surface area contributed by atoms with Crippen LogP contribution in [0.1, 0.15) is 93.9 Å². The summed E-state index contributed by atoms with van der Waals surface area (Å²) in [5.74, 6) is 0.173. The molecular weight excluding hydrogens is 745 g/mol. The predicted octanol–water partition coefficient (Wildman–Crippen LogP) is 5.13. The van der Waals surface area contributed by atoms with Crippen molar-refractivity contribution in [2.24, 2.45) is 5.73 Å². The number of anilines is 2. The Morgan fingerprint density at radius 2 is 1.53 bits per heavy atom. The molecule has 18 nitrogen and oxygen atoms in total. The van der Waals surface area contributed by atoms with Crippen molar-refractivity contribution >= 4 is 51.7 Å². The predicted molar refractivity (Wildman–Crippen MR) is 214 cm³/mol. The topological polar surface area (TPSA) is 224 Å². The van der Waals surface area contributed by atoms with Crippen LogP contribution in [0.4, 0.5) is 11.9 Å². The molecule has 0 saturated heterocycles. The van der Waals surface area contributed by atoms with Crippen LogP contribution < -0.4 is 25.8 Å². The molecule has 0 bridgehead atoms. The number of carbonyl (C=O) groups is 3. The largest absolute Gasteiger partial charge is 0.491 e. The molecule has 0 spiro atoms. The van der Waals surface area contributed by atoms with Crippen LogP contribution in [0.3, 0.4) is 0 Å². The molecule has 1 atom stereocenters. The number of nitrogens with two attached hydrogens (primary N) is 1. The van der Waals surface area contributed by atoms with E-state index in [2.05, 4.69) is 26.9 Å². The Hall–Kier alpha value is -6.74. The lowest BCUT2D eigenvalue weighted by atomic mass is 10.1. The Morgan fingerprint density at radius 1 is 0.879 bits per heavy atom. The van der Waals surface area contributed by atoms with Gasteiger partial charge in [0.2, 0.25) is 17.8 Å². The Kier molecular flexibility index (Phi) is 11.4. The second kappa shape index (κ2) is 16.8. The summed E-state index contributed by atoms with van der Waals surface area (Å²) in [5, 5.41) is 24.5. The number of ether oxygens (including phenoxy) is 3. The zero-order valence-corrected chi connectivity index (χ0v) is 33.2. The van der Waals surface area contributed by atoms with Gasteiger partial charge in [0.15, 0.2) is 0 Å². The third kappa shape index (κ3) is 7.80. The summed E-state index contributed by atoms with van der Waals surface area (Å²) in [4.78, 5) is 49.2. The van der Waals surface area contributed by atoms with Crippen LogP contribution in [-0.4, -0.2) is 83.3 Å². The van der Waals surface area contributed by atoms with Gasteiger partial charge < -0.3 is 29.1 Å². The minimum absolute atomic E-state index is 0.215. The SMILES string of the molecule is CCn1nc(C)cc1C(=O)Nc1nc2cc(C(N)=O)cc(OCCCOC)c2n1CCCC[C@H]1COc2cc(C#N)cc3nc(NC(=O)c4cc(C)nn4CC)n1c23. The molecule has 5 heterocycles. The monoisotopic (exact) mass is 790 g/mol. The van der Waals surface area contributed by atoms with Crippen molar-refractivity contribution in [1.29, 1.82) is 5.26 Å². The normalized spacial score (nSPS) is 13.4. The van der Waals surface area contributed by atoms with Crippen molar-refractivity contribution in [3.05, 3.63) is 70.3 Å². The molecule has 0 saturated carbocycles. The molecular formula is C40H46N12O6. The Labute approximate surface area is 333 Å². The highest BCUT2D eigenvalue weighted by molar-refractivity contribution is 6.05. The summed E-state index contributed by atoms with van der Waals surface area (Å²) in [5.41, 5.74) is 10.8. The number of aromatic nitrogens is 8. The third-order valence-corrected chi connectivity index (χ3v) is 10.0. The van der Waals surface area contributed by atoms with Crippen molar-refractivity contribution in [1.82, 2.24) is 38.7 Å². The standard InChI is InChI=1S/C40H46N12O6/c1-6-50-30(15-23(3)47-50)37(54)45-39-43-29-19-26(36(42)53)20-33(57-14-10-13-56-5)34(29)49(39)12-9-8-11-27-22-58-32-18-25(21-41)17-28-35(32)52(27)40(44-28)46-38(55)31-16-24(4)48-51(31)7-2/h15-20,27H,6-14,22H2,1-5H3,(H2,42,53)(H,43,45,54)(H,44,46,55)/t27-/m0/s1.